The molecule has 0 unspecified atom stereocenters. The first-order valence-electron chi connectivity index (χ1n) is 6.59. The number of halogens is 1. The number of hydrogen-bond donors (Lipinski definition) is 0. The van der Waals surface area contributed by atoms with Crippen LogP contribution >= 0.6 is 23.4 Å². The fourth-order valence-electron chi connectivity index (χ4n) is 2.39. The maximum atomic E-state index is 5.80. The van der Waals surface area contributed by atoms with Crippen molar-refractivity contribution >= 4 is 34.7 Å². The Bertz CT molecular complexity index is 525. The lowest BCUT2D eigenvalue weighted by Crippen LogP contribution is -2.21. The highest BCUT2D eigenvalue weighted by atomic mass is 35.5. The fourth-order valence-corrected chi connectivity index (χ4v) is 3.67. The third kappa shape index (κ3) is 2.60. The SMILES string of the molecule is ClCCCCN1c2ccccc2Sc2ccccc21. The summed E-state index contributed by atoms with van der Waals surface area (Å²) < 4.78 is 0. The zero-order valence-corrected chi connectivity index (χ0v) is 12.3. The van der Waals surface area contributed by atoms with E-state index in [0.29, 0.717) is 0 Å². The summed E-state index contributed by atoms with van der Waals surface area (Å²) in [6, 6.07) is 17.3. The number of benzene rings is 2. The Kier molecular flexibility index (Phi) is 4.00. The quantitative estimate of drug-likeness (QED) is 0.554. The number of alkyl halides is 1. The lowest BCUT2D eigenvalue weighted by molar-refractivity contribution is 0.780. The van der Waals surface area contributed by atoms with Gasteiger partial charge in [0.15, 0.2) is 0 Å². The lowest BCUT2D eigenvalue weighted by atomic mass is 10.2. The van der Waals surface area contributed by atoms with Gasteiger partial charge in [0.2, 0.25) is 0 Å². The summed E-state index contributed by atoms with van der Waals surface area (Å²) in [6.45, 7) is 1.03. The molecule has 0 atom stereocenters. The second-order valence-electron chi connectivity index (χ2n) is 4.59. The molecule has 19 heavy (non-hydrogen) atoms. The summed E-state index contributed by atoms with van der Waals surface area (Å²) in [5.41, 5.74) is 2.64. The van der Waals surface area contributed by atoms with Crippen LogP contribution in [0.5, 0.6) is 0 Å². The van der Waals surface area contributed by atoms with E-state index in [1.807, 2.05) is 11.8 Å². The molecule has 1 aliphatic heterocycles. The van der Waals surface area contributed by atoms with E-state index in [4.69, 9.17) is 11.6 Å². The summed E-state index contributed by atoms with van der Waals surface area (Å²) >= 11 is 7.65. The van der Waals surface area contributed by atoms with Gasteiger partial charge in [0.1, 0.15) is 0 Å². The van der Waals surface area contributed by atoms with Crippen LogP contribution in [0, 0.1) is 0 Å². The van der Waals surface area contributed by atoms with Gasteiger partial charge in [0.05, 0.1) is 11.4 Å². The molecule has 0 fully saturated rings. The molecule has 0 bridgehead atoms. The molecule has 2 aromatic carbocycles. The molecule has 0 N–H and O–H groups in total. The molecular formula is C16H16ClNS. The average Bonchev–Trinajstić information content (AvgIpc) is 2.46. The van der Waals surface area contributed by atoms with Crippen LogP contribution in [0.15, 0.2) is 58.3 Å². The van der Waals surface area contributed by atoms with E-state index in [1.165, 1.54) is 21.2 Å². The van der Waals surface area contributed by atoms with Crippen molar-refractivity contribution in [3.8, 4) is 0 Å². The zero-order valence-electron chi connectivity index (χ0n) is 10.7. The number of unbranched alkanes of at least 4 members (excludes halogenated alkanes) is 1. The highest BCUT2D eigenvalue weighted by molar-refractivity contribution is 7.99. The van der Waals surface area contributed by atoms with E-state index in [0.717, 1.165) is 25.3 Å². The van der Waals surface area contributed by atoms with Gasteiger partial charge in [0, 0.05) is 22.2 Å². The standard InChI is InChI=1S/C16H16ClNS/c17-11-5-6-12-18-13-7-1-3-9-15(13)19-16-10-4-2-8-14(16)18/h1-4,7-10H,5-6,11-12H2. The molecule has 1 heterocycles. The molecular weight excluding hydrogens is 274 g/mol. The number of hydrogen-bond acceptors (Lipinski definition) is 2. The molecule has 0 spiro atoms. The van der Waals surface area contributed by atoms with Gasteiger partial charge in [-0.05, 0) is 37.1 Å². The Morgan fingerprint density at radius 3 is 2.00 bits per heavy atom. The summed E-state index contributed by atoms with van der Waals surface area (Å²) in [7, 11) is 0. The van der Waals surface area contributed by atoms with Gasteiger partial charge in [0.25, 0.3) is 0 Å². The smallest absolute Gasteiger partial charge is 0.0552 e. The first-order valence-corrected chi connectivity index (χ1v) is 7.94. The van der Waals surface area contributed by atoms with Gasteiger partial charge in [-0.3, -0.25) is 0 Å². The summed E-state index contributed by atoms with van der Waals surface area (Å²) in [6.07, 6.45) is 2.19. The van der Waals surface area contributed by atoms with Gasteiger partial charge in [-0.2, -0.15) is 0 Å². The van der Waals surface area contributed by atoms with Crippen LogP contribution in [0.4, 0.5) is 11.4 Å². The lowest BCUT2D eigenvalue weighted by Gasteiger charge is -2.32. The van der Waals surface area contributed by atoms with E-state index in [-0.39, 0.29) is 0 Å². The predicted octanol–water partition coefficient (Wildman–Crippen LogP) is 5.31. The van der Waals surface area contributed by atoms with Crippen LogP contribution in [0.2, 0.25) is 0 Å². The maximum absolute atomic E-state index is 5.80. The van der Waals surface area contributed by atoms with Crippen molar-refractivity contribution < 1.29 is 0 Å². The van der Waals surface area contributed by atoms with E-state index >= 15 is 0 Å². The average molecular weight is 290 g/mol. The van der Waals surface area contributed by atoms with E-state index in [2.05, 4.69) is 53.4 Å². The highest BCUT2D eigenvalue weighted by Gasteiger charge is 2.21. The molecule has 98 valence electrons. The first kappa shape index (κ1) is 12.9. The van der Waals surface area contributed by atoms with E-state index in [1.54, 1.807) is 0 Å². The molecule has 0 aliphatic carbocycles. The Hall–Kier alpha value is -1.12. The normalized spacial score (nSPS) is 13.0. The molecule has 3 heteroatoms. The number of rotatable bonds is 4. The molecule has 2 aromatic rings. The molecule has 0 saturated heterocycles. The number of fused-ring (bicyclic) bond motifs is 2. The Balaban J connectivity index is 1.96. The number of para-hydroxylation sites is 2. The van der Waals surface area contributed by atoms with Crippen molar-refractivity contribution in [1.82, 2.24) is 0 Å². The van der Waals surface area contributed by atoms with Crippen molar-refractivity contribution in [2.45, 2.75) is 22.6 Å². The van der Waals surface area contributed by atoms with Crippen LogP contribution in [-0.2, 0) is 0 Å². The Morgan fingerprint density at radius 2 is 1.42 bits per heavy atom. The highest BCUT2D eigenvalue weighted by Crippen LogP contribution is 2.47. The van der Waals surface area contributed by atoms with Gasteiger partial charge >= 0.3 is 0 Å². The van der Waals surface area contributed by atoms with Crippen molar-refractivity contribution in [2.75, 3.05) is 17.3 Å². The van der Waals surface area contributed by atoms with Crippen LogP contribution in [0.3, 0.4) is 0 Å². The fraction of sp³-hybridized carbons (Fsp3) is 0.250. The van der Waals surface area contributed by atoms with Crippen LogP contribution in [-0.4, -0.2) is 12.4 Å². The Labute approximate surface area is 123 Å². The molecule has 1 aliphatic rings. The van der Waals surface area contributed by atoms with Crippen LogP contribution in [0.1, 0.15) is 12.8 Å². The summed E-state index contributed by atoms with van der Waals surface area (Å²) in [4.78, 5) is 5.10. The molecule has 3 rings (SSSR count). The second kappa shape index (κ2) is 5.89. The number of nitrogens with zero attached hydrogens (tertiary/aromatic N) is 1. The van der Waals surface area contributed by atoms with E-state index < -0.39 is 0 Å². The third-order valence-corrected chi connectivity index (χ3v) is 4.69. The summed E-state index contributed by atoms with van der Waals surface area (Å²) in [5.74, 6) is 0.742. The largest absolute Gasteiger partial charge is 0.340 e. The summed E-state index contributed by atoms with van der Waals surface area (Å²) in [5, 5.41) is 0. The van der Waals surface area contributed by atoms with Gasteiger partial charge in [-0.15, -0.1) is 11.6 Å². The topological polar surface area (TPSA) is 3.24 Å². The minimum atomic E-state index is 0.742. The van der Waals surface area contributed by atoms with Crippen molar-refractivity contribution in [2.24, 2.45) is 0 Å². The van der Waals surface area contributed by atoms with Crippen LogP contribution < -0.4 is 4.90 Å². The van der Waals surface area contributed by atoms with E-state index in [9.17, 15) is 0 Å². The predicted molar refractivity (Wildman–Crippen MR) is 84.0 cm³/mol. The number of anilines is 2. The molecule has 0 aromatic heterocycles. The maximum Gasteiger partial charge on any atom is 0.0552 e. The third-order valence-electron chi connectivity index (χ3n) is 3.30. The van der Waals surface area contributed by atoms with Crippen molar-refractivity contribution in [3.63, 3.8) is 0 Å². The minimum Gasteiger partial charge on any atom is -0.340 e. The van der Waals surface area contributed by atoms with Crippen LogP contribution in [0.25, 0.3) is 0 Å². The van der Waals surface area contributed by atoms with Gasteiger partial charge < -0.3 is 4.90 Å². The molecule has 0 radical (unpaired) electrons. The van der Waals surface area contributed by atoms with Crippen molar-refractivity contribution in [1.29, 1.82) is 0 Å². The zero-order chi connectivity index (χ0) is 13.1. The second-order valence-corrected chi connectivity index (χ2v) is 6.05. The monoisotopic (exact) mass is 289 g/mol. The molecule has 0 saturated carbocycles. The van der Waals surface area contributed by atoms with Gasteiger partial charge in [-0.25, -0.2) is 0 Å². The molecule has 0 amide bonds. The van der Waals surface area contributed by atoms with Crippen molar-refractivity contribution in [3.05, 3.63) is 48.5 Å². The minimum absolute atomic E-state index is 0.742. The first-order chi connectivity index (χ1) is 9.40. The molecule has 1 nitrogen and oxygen atoms in total. The Morgan fingerprint density at radius 1 is 0.842 bits per heavy atom. The van der Waals surface area contributed by atoms with Gasteiger partial charge in [-0.1, -0.05) is 36.0 Å².